The molecular weight excluding hydrogens is 521 g/mol. The summed E-state index contributed by atoms with van der Waals surface area (Å²) < 4.78 is 60.3. The highest BCUT2D eigenvalue weighted by atomic mass is 19.4. The number of aliphatic hydroxyl groups excluding tert-OH is 4. The topological polar surface area (TPSA) is 126 Å². The summed E-state index contributed by atoms with van der Waals surface area (Å²) in [6.07, 6.45) is -12.4. The van der Waals surface area contributed by atoms with Crippen molar-refractivity contribution in [2.24, 2.45) is 0 Å². The maximum atomic E-state index is 14.1. The molecule has 0 bridgehead atoms. The second kappa shape index (κ2) is 11.5. The molecule has 212 valence electrons. The number of nitrogens with zero attached hydrogens (tertiary/aromatic N) is 2. The van der Waals surface area contributed by atoms with Gasteiger partial charge in [-0.15, -0.1) is 5.10 Å². The van der Waals surface area contributed by atoms with Crippen molar-refractivity contribution >= 4 is 0 Å². The zero-order valence-corrected chi connectivity index (χ0v) is 21.5. The van der Waals surface area contributed by atoms with E-state index in [1.54, 1.807) is 38.1 Å². The monoisotopic (exact) mass is 552 g/mol. The van der Waals surface area contributed by atoms with E-state index in [0.717, 1.165) is 6.07 Å². The summed E-state index contributed by atoms with van der Waals surface area (Å²) in [5.41, 5.74) is 0.180. The third-order valence-corrected chi connectivity index (χ3v) is 6.56. The lowest BCUT2D eigenvalue weighted by atomic mass is 9.96. The van der Waals surface area contributed by atoms with Crippen molar-refractivity contribution in [1.82, 2.24) is 9.78 Å². The van der Waals surface area contributed by atoms with Gasteiger partial charge in [-0.1, -0.05) is 30.3 Å². The molecule has 1 aliphatic rings. The molecule has 5 atom stereocenters. The van der Waals surface area contributed by atoms with Crippen LogP contribution >= 0.6 is 0 Å². The minimum Gasteiger partial charge on any atom is -0.497 e. The molecule has 0 unspecified atom stereocenters. The average molecular weight is 553 g/mol. The zero-order chi connectivity index (χ0) is 28.5. The van der Waals surface area contributed by atoms with Crippen molar-refractivity contribution in [3.05, 3.63) is 65.2 Å². The maximum Gasteiger partial charge on any atom is 0.417 e. The Morgan fingerprint density at radius 3 is 2.26 bits per heavy atom. The number of hydrogen-bond acceptors (Lipinski definition) is 8. The fraction of sp³-hybridized carbons (Fsp3) is 0.444. The molecule has 1 fully saturated rings. The predicted octanol–water partition coefficient (Wildman–Crippen LogP) is 2.93. The Morgan fingerprint density at radius 1 is 1.00 bits per heavy atom. The molecule has 0 spiro atoms. The fourth-order valence-corrected chi connectivity index (χ4v) is 4.52. The maximum absolute atomic E-state index is 14.1. The third kappa shape index (κ3) is 5.89. The number of halogens is 3. The van der Waals surface area contributed by atoms with Gasteiger partial charge >= 0.3 is 6.18 Å². The molecule has 2 heterocycles. The van der Waals surface area contributed by atoms with Gasteiger partial charge < -0.3 is 34.6 Å². The largest absolute Gasteiger partial charge is 0.497 e. The smallest absolute Gasteiger partial charge is 0.417 e. The molecule has 3 aromatic rings. The Bertz CT molecular complexity index is 1260. The van der Waals surface area contributed by atoms with E-state index in [2.05, 4.69) is 5.10 Å². The van der Waals surface area contributed by atoms with Crippen molar-refractivity contribution in [3.63, 3.8) is 0 Å². The molecule has 0 radical (unpaired) electrons. The molecule has 4 rings (SSSR count). The molecule has 12 heteroatoms. The first-order valence-electron chi connectivity index (χ1n) is 12.3. The van der Waals surface area contributed by atoms with E-state index in [0.29, 0.717) is 11.3 Å². The molecule has 2 aromatic carbocycles. The summed E-state index contributed by atoms with van der Waals surface area (Å²) in [6.45, 7) is 2.83. The fourth-order valence-electron chi connectivity index (χ4n) is 4.52. The number of alkyl halides is 3. The van der Waals surface area contributed by atoms with Crippen LogP contribution in [0.1, 0.15) is 36.6 Å². The van der Waals surface area contributed by atoms with Crippen LogP contribution in [0.2, 0.25) is 0 Å². The minimum absolute atomic E-state index is 0.0883. The number of rotatable bonds is 8. The Labute approximate surface area is 223 Å². The normalized spacial score (nSPS) is 23.7. The Kier molecular flexibility index (Phi) is 8.52. The molecule has 4 N–H and O–H groups in total. The van der Waals surface area contributed by atoms with Crippen molar-refractivity contribution < 1.29 is 47.8 Å². The lowest BCUT2D eigenvalue weighted by molar-refractivity contribution is -0.278. The van der Waals surface area contributed by atoms with Crippen molar-refractivity contribution in [3.8, 4) is 22.9 Å². The number of hydrogen-bond donors (Lipinski definition) is 4. The number of methoxy groups -OCH3 is 1. The second-order valence-electron chi connectivity index (χ2n) is 9.55. The van der Waals surface area contributed by atoms with Crippen molar-refractivity contribution in [2.45, 2.75) is 63.2 Å². The van der Waals surface area contributed by atoms with Gasteiger partial charge in [0.25, 0.3) is 0 Å². The second-order valence-corrected chi connectivity index (χ2v) is 9.55. The van der Waals surface area contributed by atoms with Gasteiger partial charge in [-0.05, 0) is 37.6 Å². The van der Waals surface area contributed by atoms with Crippen molar-refractivity contribution in [2.75, 3.05) is 13.7 Å². The summed E-state index contributed by atoms with van der Waals surface area (Å²) in [4.78, 5) is 0. The van der Waals surface area contributed by atoms with Crippen LogP contribution in [0.3, 0.4) is 0 Å². The van der Waals surface area contributed by atoms with E-state index >= 15 is 0 Å². The Balaban J connectivity index is 1.88. The predicted molar refractivity (Wildman–Crippen MR) is 133 cm³/mol. The first-order valence-corrected chi connectivity index (χ1v) is 12.3. The van der Waals surface area contributed by atoms with E-state index in [9.17, 15) is 33.6 Å². The van der Waals surface area contributed by atoms with Crippen LogP contribution in [0.4, 0.5) is 13.2 Å². The van der Waals surface area contributed by atoms with E-state index < -0.39 is 55.1 Å². The zero-order valence-electron chi connectivity index (χ0n) is 21.5. The SMILES string of the molecule is COc1ccc(Cc2c(O[C@@H]3O[C@H](CO)[C@@H](O)[C@H](O)[C@H]3O)nn(C(C)C)c2-c2ccccc2C(F)(F)F)cc1. The molecule has 0 saturated carbocycles. The summed E-state index contributed by atoms with van der Waals surface area (Å²) in [7, 11) is 1.51. The van der Waals surface area contributed by atoms with Gasteiger partial charge in [0, 0.05) is 23.6 Å². The molecule has 9 nitrogen and oxygen atoms in total. The minimum atomic E-state index is -4.65. The van der Waals surface area contributed by atoms with Crippen LogP contribution in [0.5, 0.6) is 11.6 Å². The molecule has 0 aliphatic carbocycles. The van der Waals surface area contributed by atoms with E-state index in [4.69, 9.17) is 14.2 Å². The van der Waals surface area contributed by atoms with Crippen LogP contribution < -0.4 is 9.47 Å². The lowest BCUT2D eigenvalue weighted by Crippen LogP contribution is -2.60. The Hall–Kier alpha value is -3.16. The van der Waals surface area contributed by atoms with Gasteiger partial charge in [0.05, 0.1) is 25.0 Å². The van der Waals surface area contributed by atoms with Crippen LogP contribution in [0, 0.1) is 0 Å². The summed E-state index contributed by atoms with van der Waals surface area (Å²) >= 11 is 0. The first-order chi connectivity index (χ1) is 18.5. The van der Waals surface area contributed by atoms with Gasteiger partial charge in [0.2, 0.25) is 12.2 Å². The van der Waals surface area contributed by atoms with Gasteiger partial charge in [-0.2, -0.15) is 13.2 Å². The summed E-state index contributed by atoms with van der Waals surface area (Å²) in [6, 6.07) is 11.7. The number of benzene rings is 2. The number of aliphatic hydroxyl groups is 4. The first kappa shape index (κ1) is 28.8. The van der Waals surface area contributed by atoms with Crippen molar-refractivity contribution in [1.29, 1.82) is 0 Å². The highest BCUT2D eigenvalue weighted by Gasteiger charge is 2.45. The number of ether oxygens (including phenoxy) is 3. The van der Waals surface area contributed by atoms with Crippen LogP contribution in [0.25, 0.3) is 11.3 Å². The van der Waals surface area contributed by atoms with Gasteiger partial charge in [0.1, 0.15) is 30.2 Å². The highest BCUT2D eigenvalue weighted by Crippen LogP contribution is 2.42. The average Bonchev–Trinajstić information content (AvgIpc) is 3.26. The van der Waals surface area contributed by atoms with Crippen LogP contribution in [-0.2, 0) is 17.3 Å². The summed E-state index contributed by atoms with van der Waals surface area (Å²) in [5.74, 6) is 0.466. The quantitative estimate of drug-likeness (QED) is 0.336. The Morgan fingerprint density at radius 2 is 1.67 bits per heavy atom. The molecular formula is C27H31F3N2O7. The van der Waals surface area contributed by atoms with Crippen LogP contribution in [0.15, 0.2) is 48.5 Å². The molecule has 1 aromatic heterocycles. The highest BCUT2D eigenvalue weighted by molar-refractivity contribution is 5.71. The number of aromatic nitrogens is 2. The lowest BCUT2D eigenvalue weighted by Gasteiger charge is -2.39. The van der Waals surface area contributed by atoms with Gasteiger partial charge in [0.15, 0.2) is 0 Å². The van der Waals surface area contributed by atoms with Gasteiger partial charge in [-0.25, -0.2) is 0 Å². The van der Waals surface area contributed by atoms with Crippen LogP contribution in [-0.4, -0.2) is 74.6 Å². The molecule has 0 amide bonds. The van der Waals surface area contributed by atoms with E-state index in [-0.39, 0.29) is 29.1 Å². The van der Waals surface area contributed by atoms with E-state index in [1.807, 2.05) is 0 Å². The third-order valence-electron chi connectivity index (χ3n) is 6.56. The standard InChI is InChI=1S/C27H31F3N2O7/c1-14(2)32-21(17-6-4-5-7-19(17)27(28,29)30)18(12-15-8-10-16(37-3)11-9-15)25(31-32)39-26-24(36)23(35)22(34)20(13-33)38-26/h4-11,14,20,22-24,26,33-36H,12-13H2,1-3H3/t20-,22-,23+,24-,26+/m1/s1. The molecule has 1 saturated heterocycles. The molecule has 1 aliphatic heterocycles. The van der Waals surface area contributed by atoms with E-state index in [1.165, 1.54) is 30.0 Å². The molecule has 39 heavy (non-hydrogen) atoms. The summed E-state index contributed by atoms with van der Waals surface area (Å²) in [5, 5.41) is 44.9. The van der Waals surface area contributed by atoms with Gasteiger partial charge in [-0.3, -0.25) is 4.68 Å².